The molecule has 1 saturated heterocycles. The SMILES string of the molecule is O=C1CN[C@H]2C[C@H]12. The molecule has 38 valence electrons. The van der Waals surface area contributed by atoms with Gasteiger partial charge < -0.3 is 5.32 Å². The van der Waals surface area contributed by atoms with Crippen LogP contribution >= 0.6 is 0 Å². The van der Waals surface area contributed by atoms with Crippen molar-refractivity contribution in [2.75, 3.05) is 6.54 Å². The van der Waals surface area contributed by atoms with E-state index in [1.807, 2.05) is 0 Å². The molecule has 0 unspecified atom stereocenters. The summed E-state index contributed by atoms with van der Waals surface area (Å²) < 4.78 is 0. The Labute approximate surface area is 41.9 Å². The molecule has 2 atom stereocenters. The Bertz CT molecular complexity index is 121. The van der Waals surface area contributed by atoms with E-state index in [9.17, 15) is 4.79 Å². The van der Waals surface area contributed by atoms with Crippen molar-refractivity contribution in [3.8, 4) is 0 Å². The molecule has 0 aromatic rings. The Hall–Kier alpha value is -0.370. The second-order valence-electron chi connectivity index (χ2n) is 2.30. The van der Waals surface area contributed by atoms with Gasteiger partial charge in [-0.3, -0.25) is 4.79 Å². The third kappa shape index (κ3) is 0.347. The number of fused-ring (bicyclic) bond motifs is 1. The van der Waals surface area contributed by atoms with Crippen molar-refractivity contribution in [1.82, 2.24) is 5.32 Å². The van der Waals surface area contributed by atoms with Crippen LogP contribution in [0.4, 0.5) is 0 Å². The number of carbonyl (C=O) groups excluding carboxylic acids is 1. The average Bonchev–Trinajstić information content (AvgIpc) is 2.33. The Morgan fingerprint density at radius 3 is 2.71 bits per heavy atom. The number of nitrogens with one attached hydrogen (secondary N) is 1. The van der Waals surface area contributed by atoms with Gasteiger partial charge in [-0.25, -0.2) is 0 Å². The molecule has 2 rings (SSSR count). The lowest BCUT2D eigenvalue weighted by Gasteiger charge is -1.85. The molecule has 0 radical (unpaired) electrons. The number of rotatable bonds is 0. The van der Waals surface area contributed by atoms with Crippen LogP contribution in [-0.2, 0) is 4.79 Å². The van der Waals surface area contributed by atoms with Crippen LogP contribution in [0.2, 0.25) is 0 Å². The fraction of sp³-hybridized carbons (Fsp3) is 0.800. The van der Waals surface area contributed by atoms with Crippen molar-refractivity contribution in [2.45, 2.75) is 12.5 Å². The van der Waals surface area contributed by atoms with E-state index in [2.05, 4.69) is 5.32 Å². The van der Waals surface area contributed by atoms with Gasteiger partial charge in [0, 0.05) is 12.0 Å². The predicted molar refractivity (Wildman–Crippen MR) is 24.9 cm³/mol. The van der Waals surface area contributed by atoms with E-state index in [1.165, 1.54) is 0 Å². The van der Waals surface area contributed by atoms with Crippen LogP contribution in [0.3, 0.4) is 0 Å². The molecule has 2 aliphatic rings. The van der Waals surface area contributed by atoms with Crippen molar-refractivity contribution >= 4 is 5.78 Å². The van der Waals surface area contributed by atoms with Gasteiger partial charge in [-0.15, -0.1) is 0 Å². The predicted octanol–water partition coefficient (Wildman–Crippen LogP) is -0.453. The van der Waals surface area contributed by atoms with Crippen LogP contribution in [0.15, 0.2) is 0 Å². The molecule has 0 bridgehead atoms. The van der Waals surface area contributed by atoms with Gasteiger partial charge in [0.15, 0.2) is 5.78 Å². The summed E-state index contributed by atoms with van der Waals surface area (Å²) in [6, 6.07) is 0.590. The first-order valence-electron chi connectivity index (χ1n) is 2.64. The van der Waals surface area contributed by atoms with E-state index in [0.717, 1.165) is 6.42 Å². The fourth-order valence-electron chi connectivity index (χ4n) is 1.14. The first kappa shape index (κ1) is 3.61. The Balaban J connectivity index is 2.21. The van der Waals surface area contributed by atoms with Gasteiger partial charge in [0.2, 0.25) is 0 Å². The zero-order chi connectivity index (χ0) is 4.85. The summed E-state index contributed by atoms with van der Waals surface area (Å²) >= 11 is 0. The molecular weight excluding hydrogens is 90.1 g/mol. The number of Topliss-reactive ketones (excluding diaryl/α,β-unsaturated/α-hetero) is 1. The molecule has 7 heavy (non-hydrogen) atoms. The maximum atomic E-state index is 10.6. The van der Waals surface area contributed by atoms with Crippen molar-refractivity contribution in [1.29, 1.82) is 0 Å². The monoisotopic (exact) mass is 97.1 g/mol. The normalized spacial score (nSPS) is 46.6. The lowest BCUT2D eigenvalue weighted by atomic mass is 10.3. The molecule has 2 nitrogen and oxygen atoms in total. The molecule has 0 aromatic carbocycles. The molecule has 1 aliphatic carbocycles. The van der Waals surface area contributed by atoms with Crippen molar-refractivity contribution in [3.63, 3.8) is 0 Å². The highest BCUT2D eigenvalue weighted by Gasteiger charge is 2.47. The first-order chi connectivity index (χ1) is 3.38. The topological polar surface area (TPSA) is 29.1 Å². The fourth-order valence-corrected chi connectivity index (χ4v) is 1.14. The Morgan fingerprint density at radius 1 is 1.71 bits per heavy atom. The zero-order valence-electron chi connectivity index (χ0n) is 3.98. The summed E-state index contributed by atoms with van der Waals surface area (Å²) in [6.07, 6.45) is 1.11. The molecule has 0 aromatic heterocycles. The lowest BCUT2D eigenvalue weighted by Crippen LogP contribution is -2.14. The van der Waals surface area contributed by atoms with Gasteiger partial charge in [0.25, 0.3) is 0 Å². The minimum atomic E-state index is 0.421. The number of carbonyl (C=O) groups is 1. The van der Waals surface area contributed by atoms with Crippen LogP contribution in [0.25, 0.3) is 0 Å². The van der Waals surface area contributed by atoms with E-state index in [4.69, 9.17) is 0 Å². The summed E-state index contributed by atoms with van der Waals surface area (Å²) in [7, 11) is 0. The quantitative estimate of drug-likeness (QED) is 0.443. The van der Waals surface area contributed by atoms with E-state index < -0.39 is 0 Å². The smallest absolute Gasteiger partial charge is 0.151 e. The number of hydrogen-bond acceptors (Lipinski definition) is 2. The maximum Gasteiger partial charge on any atom is 0.151 e. The highest BCUT2D eigenvalue weighted by atomic mass is 16.1. The number of hydrogen-bond donors (Lipinski definition) is 1. The Morgan fingerprint density at radius 2 is 2.57 bits per heavy atom. The van der Waals surface area contributed by atoms with Gasteiger partial charge in [-0.1, -0.05) is 0 Å². The molecule has 2 heteroatoms. The zero-order valence-corrected chi connectivity index (χ0v) is 3.98. The second-order valence-corrected chi connectivity index (χ2v) is 2.30. The third-order valence-electron chi connectivity index (χ3n) is 1.74. The van der Waals surface area contributed by atoms with Crippen LogP contribution in [0.5, 0.6) is 0 Å². The molecule has 0 amide bonds. The highest BCUT2D eigenvalue weighted by Crippen LogP contribution is 2.34. The largest absolute Gasteiger partial charge is 0.306 e. The summed E-state index contributed by atoms with van der Waals surface area (Å²) in [5.74, 6) is 0.852. The average molecular weight is 97.1 g/mol. The van der Waals surface area contributed by atoms with Gasteiger partial charge in [0.05, 0.1) is 6.54 Å². The minimum Gasteiger partial charge on any atom is -0.306 e. The van der Waals surface area contributed by atoms with Crippen LogP contribution < -0.4 is 5.32 Å². The van der Waals surface area contributed by atoms with Gasteiger partial charge in [-0.2, -0.15) is 0 Å². The minimum absolute atomic E-state index is 0.421. The summed E-state index contributed by atoms with van der Waals surface area (Å²) in [4.78, 5) is 10.6. The Kier molecular flexibility index (Phi) is 0.460. The highest BCUT2D eigenvalue weighted by molar-refractivity contribution is 5.89. The maximum absolute atomic E-state index is 10.6. The van der Waals surface area contributed by atoms with Gasteiger partial charge >= 0.3 is 0 Å². The first-order valence-corrected chi connectivity index (χ1v) is 2.64. The molecule has 1 N–H and O–H groups in total. The van der Waals surface area contributed by atoms with E-state index in [-0.39, 0.29) is 0 Å². The molecule has 1 heterocycles. The van der Waals surface area contributed by atoms with Crippen molar-refractivity contribution in [3.05, 3.63) is 0 Å². The second kappa shape index (κ2) is 0.892. The summed E-state index contributed by atoms with van der Waals surface area (Å²) in [5.41, 5.74) is 0. The van der Waals surface area contributed by atoms with Crippen LogP contribution in [0.1, 0.15) is 6.42 Å². The molecule has 0 spiro atoms. The molecule has 1 saturated carbocycles. The number of ketones is 1. The van der Waals surface area contributed by atoms with E-state index in [0.29, 0.717) is 24.3 Å². The van der Waals surface area contributed by atoms with Gasteiger partial charge in [0.1, 0.15) is 0 Å². The standard InChI is InChI=1S/C5H7NO/c7-5-2-6-4-1-3(4)5/h3-4,6H,1-2H2/t3-,4-/m0/s1. The van der Waals surface area contributed by atoms with Gasteiger partial charge in [-0.05, 0) is 6.42 Å². The summed E-state index contributed by atoms with van der Waals surface area (Å²) in [5, 5.41) is 3.09. The van der Waals surface area contributed by atoms with Crippen molar-refractivity contribution < 1.29 is 4.79 Å². The molecule has 2 fully saturated rings. The third-order valence-corrected chi connectivity index (χ3v) is 1.74. The van der Waals surface area contributed by atoms with Crippen LogP contribution in [-0.4, -0.2) is 18.4 Å². The van der Waals surface area contributed by atoms with Crippen molar-refractivity contribution in [2.24, 2.45) is 5.92 Å². The van der Waals surface area contributed by atoms with E-state index >= 15 is 0 Å². The number of piperidine rings is 1. The molecular formula is C5H7NO. The molecule has 1 aliphatic heterocycles. The summed E-state index contributed by atoms with van der Waals surface area (Å²) in [6.45, 7) is 0.634. The van der Waals surface area contributed by atoms with Crippen LogP contribution in [0, 0.1) is 5.92 Å². The van der Waals surface area contributed by atoms with E-state index in [1.54, 1.807) is 0 Å². The lowest BCUT2D eigenvalue weighted by molar-refractivity contribution is -0.118.